The average molecular weight is 258 g/mol. The lowest BCUT2D eigenvalue weighted by Gasteiger charge is -2.13. The quantitative estimate of drug-likeness (QED) is 0.875. The molecule has 1 saturated carbocycles. The first kappa shape index (κ1) is 12.7. The van der Waals surface area contributed by atoms with Gasteiger partial charge >= 0.3 is 6.18 Å². The van der Waals surface area contributed by atoms with Crippen LogP contribution in [0.25, 0.3) is 0 Å². The van der Waals surface area contributed by atoms with Gasteiger partial charge in [-0.05, 0) is 31.0 Å². The van der Waals surface area contributed by atoms with Gasteiger partial charge in [0.25, 0.3) is 5.91 Å². The molecule has 98 valence electrons. The lowest BCUT2D eigenvalue weighted by Crippen LogP contribution is -2.26. The third-order valence-corrected chi connectivity index (χ3v) is 2.77. The molecule has 0 bridgehead atoms. The number of anilines is 1. The molecule has 6 heteroatoms. The maximum Gasteiger partial charge on any atom is 0.416 e. The Bertz CT molecular complexity index is 467. The zero-order valence-corrected chi connectivity index (χ0v) is 9.77. The van der Waals surface area contributed by atoms with Crippen molar-refractivity contribution in [2.75, 3.05) is 12.4 Å². The first-order valence-electron chi connectivity index (χ1n) is 5.61. The van der Waals surface area contributed by atoms with Gasteiger partial charge in [0.15, 0.2) is 0 Å². The summed E-state index contributed by atoms with van der Waals surface area (Å²) in [6, 6.07) is 3.21. The first-order valence-corrected chi connectivity index (χ1v) is 5.61. The highest BCUT2D eigenvalue weighted by molar-refractivity contribution is 6.00. The minimum atomic E-state index is -4.44. The minimum Gasteiger partial charge on any atom is -0.387 e. The van der Waals surface area contributed by atoms with E-state index in [2.05, 4.69) is 10.6 Å². The van der Waals surface area contributed by atoms with Gasteiger partial charge in [0.2, 0.25) is 0 Å². The van der Waals surface area contributed by atoms with Crippen LogP contribution in [0.3, 0.4) is 0 Å². The van der Waals surface area contributed by atoms with Gasteiger partial charge in [-0.3, -0.25) is 4.79 Å². The van der Waals surface area contributed by atoms with Crippen LogP contribution >= 0.6 is 0 Å². The minimum absolute atomic E-state index is 0.0271. The zero-order valence-electron chi connectivity index (χ0n) is 9.77. The van der Waals surface area contributed by atoms with Crippen LogP contribution < -0.4 is 10.6 Å². The predicted octanol–water partition coefficient (Wildman–Crippen LogP) is 2.64. The Hall–Kier alpha value is -1.72. The molecule has 0 radical (unpaired) electrons. The normalized spacial score (nSPS) is 15.3. The van der Waals surface area contributed by atoms with Crippen molar-refractivity contribution in [2.24, 2.45) is 0 Å². The first-order chi connectivity index (χ1) is 8.41. The van der Waals surface area contributed by atoms with Crippen LogP contribution in [0.5, 0.6) is 0 Å². The highest BCUT2D eigenvalue weighted by atomic mass is 19.4. The lowest BCUT2D eigenvalue weighted by molar-refractivity contribution is -0.137. The van der Waals surface area contributed by atoms with Crippen molar-refractivity contribution >= 4 is 11.6 Å². The Balaban J connectivity index is 2.32. The number of carbonyl (C=O) groups is 1. The van der Waals surface area contributed by atoms with Crippen LogP contribution in [0.15, 0.2) is 18.2 Å². The van der Waals surface area contributed by atoms with Gasteiger partial charge < -0.3 is 10.6 Å². The van der Waals surface area contributed by atoms with Crippen molar-refractivity contribution < 1.29 is 18.0 Å². The number of hydrogen-bond acceptors (Lipinski definition) is 2. The maximum atomic E-state index is 12.6. The molecule has 2 N–H and O–H groups in total. The summed E-state index contributed by atoms with van der Waals surface area (Å²) in [5, 5.41) is 5.40. The molecular weight excluding hydrogens is 245 g/mol. The van der Waals surface area contributed by atoms with E-state index in [9.17, 15) is 18.0 Å². The molecule has 0 spiro atoms. The average Bonchev–Trinajstić information content (AvgIpc) is 3.10. The van der Waals surface area contributed by atoms with Crippen LogP contribution in [0.4, 0.5) is 18.9 Å². The van der Waals surface area contributed by atoms with E-state index >= 15 is 0 Å². The summed E-state index contributed by atoms with van der Waals surface area (Å²) in [6.45, 7) is 0. The highest BCUT2D eigenvalue weighted by Crippen LogP contribution is 2.32. The van der Waals surface area contributed by atoms with Gasteiger partial charge in [-0.2, -0.15) is 13.2 Å². The number of amides is 1. The molecule has 0 aliphatic heterocycles. The van der Waals surface area contributed by atoms with Gasteiger partial charge in [0.1, 0.15) is 0 Å². The molecule has 1 aliphatic rings. The Morgan fingerprint density at radius 1 is 1.33 bits per heavy atom. The van der Waals surface area contributed by atoms with E-state index in [0.717, 1.165) is 25.0 Å². The van der Waals surface area contributed by atoms with E-state index in [1.807, 2.05) is 0 Å². The van der Waals surface area contributed by atoms with Crippen molar-refractivity contribution in [3.05, 3.63) is 29.3 Å². The highest BCUT2D eigenvalue weighted by Gasteiger charge is 2.32. The Morgan fingerprint density at radius 2 is 2.00 bits per heavy atom. The van der Waals surface area contributed by atoms with Gasteiger partial charge in [-0.15, -0.1) is 0 Å². The SMILES string of the molecule is CNc1ccc(C(F)(F)F)cc1C(=O)NC1CC1. The van der Waals surface area contributed by atoms with Crippen LogP contribution in [-0.4, -0.2) is 19.0 Å². The second-order valence-corrected chi connectivity index (χ2v) is 4.26. The third-order valence-electron chi connectivity index (χ3n) is 2.77. The summed E-state index contributed by atoms with van der Waals surface area (Å²) in [5.41, 5.74) is -0.400. The summed E-state index contributed by atoms with van der Waals surface area (Å²) in [5.74, 6) is -0.465. The third kappa shape index (κ3) is 2.75. The molecule has 1 aromatic carbocycles. The predicted molar refractivity (Wildman–Crippen MR) is 61.5 cm³/mol. The van der Waals surface area contributed by atoms with E-state index < -0.39 is 17.6 Å². The van der Waals surface area contributed by atoms with Gasteiger partial charge in [0, 0.05) is 18.8 Å². The van der Waals surface area contributed by atoms with Crippen LogP contribution in [0.2, 0.25) is 0 Å². The Morgan fingerprint density at radius 3 is 2.50 bits per heavy atom. The van der Waals surface area contributed by atoms with Crippen molar-refractivity contribution in [3.8, 4) is 0 Å². The van der Waals surface area contributed by atoms with Crippen LogP contribution in [0, 0.1) is 0 Å². The van der Waals surface area contributed by atoms with E-state index in [-0.39, 0.29) is 11.6 Å². The Kier molecular flexibility index (Phi) is 3.19. The number of rotatable bonds is 3. The van der Waals surface area contributed by atoms with Crippen molar-refractivity contribution in [1.82, 2.24) is 5.32 Å². The number of benzene rings is 1. The lowest BCUT2D eigenvalue weighted by atomic mass is 10.1. The van der Waals surface area contributed by atoms with E-state index in [4.69, 9.17) is 0 Å². The second-order valence-electron chi connectivity index (χ2n) is 4.26. The van der Waals surface area contributed by atoms with Crippen molar-refractivity contribution in [1.29, 1.82) is 0 Å². The fourth-order valence-corrected chi connectivity index (χ4v) is 1.62. The molecule has 1 aromatic rings. The van der Waals surface area contributed by atoms with E-state index in [0.29, 0.717) is 5.69 Å². The summed E-state index contributed by atoms with van der Waals surface area (Å²) in [7, 11) is 1.57. The molecular formula is C12H13F3N2O. The number of nitrogens with one attached hydrogen (secondary N) is 2. The maximum absolute atomic E-state index is 12.6. The number of hydrogen-bond donors (Lipinski definition) is 2. The second kappa shape index (κ2) is 4.51. The van der Waals surface area contributed by atoms with Gasteiger partial charge in [0.05, 0.1) is 11.1 Å². The molecule has 0 atom stereocenters. The van der Waals surface area contributed by atoms with Gasteiger partial charge in [-0.1, -0.05) is 0 Å². The summed E-state index contributed by atoms with van der Waals surface area (Å²) in [4.78, 5) is 11.8. The largest absolute Gasteiger partial charge is 0.416 e. The van der Waals surface area contributed by atoms with Crippen molar-refractivity contribution in [2.45, 2.75) is 25.1 Å². The number of alkyl halides is 3. The Labute approximate surface area is 102 Å². The molecule has 1 amide bonds. The van der Waals surface area contributed by atoms with E-state index in [1.165, 1.54) is 6.07 Å². The monoisotopic (exact) mass is 258 g/mol. The summed E-state index contributed by atoms with van der Waals surface area (Å²) < 4.78 is 37.8. The van der Waals surface area contributed by atoms with Gasteiger partial charge in [-0.25, -0.2) is 0 Å². The topological polar surface area (TPSA) is 41.1 Å². The smallest absolute Gasteiger partial charge is 0.387 e. The van der Waals surface area contributed by atoms with Crippen LogP contribution in [0.1, 0.15) is 28.8 Å². The molecule has 0 aromatic heterocycles. The fraction of sp³-hybridized carbons (Fsp3) is 0.417. The fourth-order valence-electron chi connectivity index (χ4n) is 1.62. The molecule has 0 saturated heterocycles. The summed E-state index contributed by atoms with van der Waals surface area (Å²) in [6.07, 6.45) is -2.67. The molecule has 18 heavy (non-hydrogen) atoms. The molecule has 1 aliphatic carbocycles. The zero-order chi connectivity index (χ0) is 13.3. The molecule has 1 fully saturated rings. The standard InChI is InChI=1S/C12H13F3N2O/c1-16-10-5-2-7(12(13,14)15)6-9(10)11(18)17-8-3-4-8/h2,5-6,8,16H,3-4H2,1H3,(H,17,18). The van der Waals surface area contributed by atoms with E-state index in [1.54, 1.807) is 7.05 Å². The summed E-state index contributed by atoms with van der Waals surface area (Å²) >= 11 is 0. The molecule has 3 nitrogen and oxygen atoms in total. The number of carbonyl (C=O) groups excluding carboxylic acids is 1. The molecule has 0 heterocycles. The molecule has 2 rings (SSSR count). The van der Waals surface area contributed by atoms with Crippen molar-refractivity contribution in [3.63, 3.8) is 0 Å². The number of halogens is 3. The molecule has 0 unspecified atom stereocenters. The van der Waals surface area contributed by atoms with Crippen LogP contribution in [-0.2, 0) is 6.18 Å².